The minimum Gasteiger partial charge on any atom is -0.480 e. The molecule has 1 aliphatic rings. The van der Waals surface area contributed by atoms with Crippen LogP contribution in [0.5, 0.6) is 0 Å². The summed E-state index contributed by atoms with van der Waals surface area (Å²) < 4.78 is 0. The van der Waals surface area contributed by atoms with Crippen molar-refractivity contribution in [2.24, 2.45) is 0 Å². The number of likely N-dealkylation sites (tertiary alicyclic amines) is 1. The number of amides is 1. The van der Waals surface area contributed by atoms with Crippen molar-refractivity contribution < 1.29 is 14.7 Å². The fraction of sp³-hybridized carbons (Fsp3) is 0.174. The number of carbonyl (C=O) groups is 2. The molecule has 0 aliphatic carbocycles. The molecule has 5 nitrogen and oxygen atoms in total. The summed E-state index contributed by atoms with van der Waals surface area (Å²) in [7, 11) is 0. The van der Waals surface area contributed by atoms with Gasteiger partial charge in [-0.25, -0.2) is 4.79 Å². The first kappa shape index (κ1) is 19.2. The predicted octanol–water partition coefficient (Wildman–Crippen LogP) is 4.76. The fourth-order valence-electron chi connectivity index (χ4n) is 3.80. The van der Waals surface area contributed by atoms with Gasteiger partial charge in [0, 0.05) is 35.1 Å². The van der Waals surface area contributed by atoms with Gasteiger partial charge in [-0.05, 0) is 59.9 Å². The third kappa shape index (κ3) is 3.74. The second kappa shape index (κ2) is 8.05. The summed E-state index contributed by atoms with van der Waals surface area (Å²) >= 11 is 6.46. The molecule has 1 N–H and O–H groups in total. The van der Waals surface area contributed by atoms with Crippen molar-refractivity contribution in [2.75, 3.05) is 6.54 Å². The van der Waals surface area contributed by atoms with Gasteiger partial charge >= 0.3 is 5.97 Å². The lowest BCUT2D eigenvalue weighted by Gasteiger charge is -2.22. The van der Waals surface area contributed by atoms with Crippen LogP contribution in [0, 0.1) is 0 Å². The number of aliphatic carboxylic acids is 1. The lowest BCUT2D eigenvalue weighted by molar-refractivity contribution is -0.141. The molecule has 1 aromatic heterocycles. The van der Waals surface area contributed by atoms with Crippen LogP contribution >= 0.6 is 11.6 Å². The van der Waals surface area contributed by atoms with Crippen LogP contribution in [-0.2, 0) is 4.79 Å². The smallest absolute Gasteiger partial charge is 0.326 e. The molecule has 4 rings (SSSR count). The number of carboxylic acids is 1. The number of aromatic nitrogens is 1. The quantitative estimate of drug-likeness (QED) is 0.678. The molecule has 1 saturated heterocycles. The molecule has 0 radical (unpaired) electrons. The van der Waals surface area contributed by atoms with Crippen molar-refractivity contribution in [3.8, 4) is 22.3 Å². The Kier molecular flexibility index (Phi) is 5.32. The van der Waals surface area contributed by atoms with E-state index >= 15 is 0 Å². The minimum atomic E-state index is -0.962. The number of carbonyl (C=O) groups excluding carboxylic acids is 1. The number of hydrogen-bond donors (Lipinski definition) is 1. The first-order valence-corrected chi connectivity index (χ1v) is 9.77. The molecule has 0 spiro atoms. The first-order valence-electron chi connectivity index (χ1n) is 9.39. The Hall–Kier alpha value is -3.18. The van der Waals surface area contributed by atoms with Gasteiger partial charge in [0.2, 0.25) is 0 Å². The van der Waals surface area contributed by atoms with Gasteiger partial charge in [0.25, 0.3) is 5.91 Å². The molecule has 2 aromatic carbocycles. The summed E-state index contributed by atoms with van der Waals surface area (Å²) in [5.41, 5.74) is 3.96. The van der Waals surface area contributed by atoms with E-state index in [1.165, 1.54) is 4.90 Å². The molecule has 3 aromatic rings. The summed E-state index contributed by atoms with van der Waals surface area (Å²) in [4.78, 5) is 30.1. The highest BCUT2D eigenvalue weighted by atomic mass is 35.5. The van der Waals surface area contributed by atoms with Gasteiger partial charge in [0.05, 0.1) is 0 Å². The molecule has 0 bridgehead atoms. The summed E-state index contributed by atoms with van der Waals surface area (Å²) in [5.74, 6) is -1.24. The zero-order valence-electron chi connectivity index (χ0n) is 15.6. The number of rotatable bonds is 4. The largest absolute Gasteiger partial charge is 0.480 e. The van der Waals surface area contributed by atoms with E-state index in [2.05, 4.69) is 4.98 Å². The van der Waals surface area contributed by atoms with Crippen LogP contribution < -0.4 is 0 Å². The number of carboxylic acid groups (broad SMARTS) is 1. The summed E-state index contributed by atoms with van der Waals surface area (Å²) in [5, 5.41) is 10.0. The number of nitrogens with zero attached hydrogens (tertiary/aromatic N) is 2. The Morgan fingerprint density at radius 3 is 2.48 bits per heavy atom. The van der Waals surface area contributed by atoms with E-state index < -0.39 is 12.0 Å². The molecule has 1 aliphatic heterocycles. The topological polar surface area (TPSA) is 70.5 Å². The van der Waals surface area contributed by atoms with Crippen LogP contribution in [0.25, 0.3) is 22.3 Å². The van der Waals surface area contributed by atoms with Crippen molar-refractivity contribution in [1.29, 1.82) is 0 Å². The Morgan fingerprint density at radius 1 is 1.00 bits per heavy atom. The van der Waals surface area contributed by atoms with Gasteiger partial charge < -0.3 is 10.0 Å². The molecular formula is C23H19ClN2O3. The van der Waals surface area contributed by atoms with E-state index in [1.54, 1.807) is 24.5 Å². The van der Waals surface area contributed by atoms with E-state index in [9.17, 15) is 14.7 Å². The van der Waals surface area contributed by atoms with Gasteiger partial charge in [-0.1, -0.05) is 35.9 Å². The number of pyridine rings is 1. The average molecular weight is 407 g/mol. The van der Waals surface area contributed by atoms with Crippen molar-refractivity contribution >= 4 is 23.5 Å². The Balaban J connectivity index is 1.82. The lowest BCUT2D eigenvalue weighted by atomic mass is 9.93. The highest BCUT2D eigenvalue weighted by Crippen LogP contribution is 2.37. The summed E-state index contributed by atoms with van der Waals surface area (Å²) in [6, 6.07) is 15.9. The number of hydrogen-bond acceptors (Lipinski definition) is 3. The summed E-state index contributed by atoms with van der Waals surface area (Å²) in [6.45, 7) is 0.448. The maximum absolute atomic E-state index is 13.1. The highest BCUT2D eigenvalue weighted by molar-refractivity contribution is 6.33. The molecular weight excluding hydrogens is 388 g/mol. The van der Waals surface area contributed by atoms with Crippen LogP contribution in [-0.4, -0.2) is 39.5 Å². The molecule has 6 heteroatoms. The molecule has 29 heavy (non-hydrogen) atoms. The third-order valence-corrected chi connectivity index (χ3v) is 5.55. The molecule has 146 valence electrons. The Labute approximate surface area is 173 Å². The maximum atomic E-state index is 13.1. The molecule has 1 unspecified atom stereocenters. The molecule has 1 atom stereocenters. The normalized spacial score (nSPS) is 16.0. The molecule has 1 fully saturated rings. The van der Waals surface area contributed by atoms with Crippen LogP contribution in [0.4, 0.5) is 0 Å². The lowest BCUT2D eigenvalue weighted by Crippen LogP contribution is -2.40. The van der Waals surface area contributed by atoms with E-state index in [4.69, 9.17) is 11.6 Å². The SMILES string of the molecule is O=C(O)C1CCCN1C(=O)c1ccc(-c2ccncc2)c(-c2ccccc2Cl)c1. The first-order chi connectivity index (χ1) is 14.1. The number of benzene rings is 2. The molecule has 1 amide bonds. The average Bonchev–Trinajstić information content (AvgIpc) is 3.24. The van der Waals surface area contributed by atoms with Crippen LogP contribution in [0.1, 0.15) is 23.2 Å². The Morgan fingerprint density at radius 2 is 1.76 bits per heavy atom. The predicted molar refractivity (Wildman–Crippen MR) is 112 cm³/mol. The van der Waals surface area contributed by atoms with Gasteiger partial charge in [-0.3, -0.25) is 9.78 Å². The van der Waals surface area contributed by atoms with Gasteiger partial charge in [0.15, 0.2) is 0 Å². The monoisotopic (exact) mass is 406 g/mol. The van der Waals surface area contributed by atoms with Gasteiger partial charge in [-0.2, -0.15) is 0 Å². The second-order valence-corrected chi connectivity index (χ2v) is 7.38. The van der Waals surface area contributed by atoms with Crippen LogP contribution in [0.3, 0.4) is 0 Å². The van der Waals surface area contributed by atoms with Gasteiger partial charge in [-0.15, -0.1) is 0 Å². The summed E-state index contributed by atoms with van der Waals surface area (Å²) in [6.07, 6.45) is 4.60. The van der Waals surface area contributed by atoms with Crippen molar-refractivity contribution in [3.05, 3.63) is 77.6 Å². The van der Waals surface area contributed by atoms with Gasteiger partial charge in [0.1, 0.15) is 6.04 Å². The van der Waals surface area contributed by atoms with Crippen molar-refractivity contribution in [3.63, 3.8) is 0 Å². The maximum Gasteiger partial charge on any atom is 0.326 e. The van der Waals surface area contributed by atoms with E-state index in [1.807, 2.05) is 42.5 Å². The zero-order chi connectivity index (χ0) is 20.4. The molecule has 2 heterocycles. The number of halogens is 1. The second-order valence-electron chi connectivity index (χ2n) is 6.97. The van der Waals surface area contributed by atoms with Crippen molar-refractivity contribution in [1.82, 2.24) is 9.88 Å². The van der Waals surface area contributed by atoms with E-state index in [0.29, 0.717) is 30.0 Å². The third-order valence-electron chi connectivity index (χ3n) is 5.22. The van der Waals surface area contributed by atoms with Crippen LogP contribution in [0.2, 0.25) is 5.02 Å². The fourth-order valence-corrected chi connectivity index (χ4v) is 4.03. The van der Waals surface area contributed by atoms with Crippen molar-refractivity contribution in [2.45, 2.75) is 18.9 Å². The molecule has 0 saturated carbocycles. The minimum absolute atomic E-state index is 0.274. The van der Waals surface area contributed by atoms with E-state index in [0.717, 1.165) is 22.3 Å². The van der Waals surface area contributed by atoms with E-state index in [-0.39, 0.29) is 5.91 Å². The van der Waals surface area contributed by atoms with Crippen LogP contribution in [0.15, 0.2) is 67.0 Å². The Bertz CT molecular complexity index is 1070. The standard InChI is InChI=1S/C23H19ClN2O3/c24-20-5-2-1-4-18(20)19-14-16(7-8-17(19)15-9-11-25-12-10-15)22(27)26-13-3-6-21(26)23(28)29/h1-2,4-5,7-12,14,21H,3,6,13H2,(H,28,29). The zero-order valence-corrected chi connectivity index (χ0v) is 16.3. The highest BCUT2D eigenvalue weighted by Gasteiger charge is 2.34.